The standard InChI is InChI=1S/C22H24FN3O2S/c23-18-5-2-1-4-17(18)15-25-9-3-10-26(12-11-25)22(28)16-6-7-20-19(14-16)24-21(27)8-13-29-20/h1-2,4-7,14H,3,8-13,15H2,(H,24,27). The Morgan fingerprint density at radius 2 is 1.97 bits per heavy atom. The van der Waals surface area contributed by atoms with Gasteiger partial charge in [-0.2, -0.15) is 0 Å². The molecule has 1 N–H and O–H groups in total. The third-order valence-corrected chi connectivity index (χ3v) is 6.39. The van der Waals surface area contributed by atoms with Crippen LogP contribution in [0.15, 0.2) is 47.4 Å². The number of carbonyl (C=O) groups is 2. The molecule has 4 rings (SSSR count). The van der Waals surface area contributed by atoms with Gasteiger partial charge in [0.05, 0.1) is 5.69 Å². The lowest BCUT2D eigenvalue weighted by Gasteiger charge is -2.22. The van der Waals surface area contributed by atoms with Gasteiger partial charge in [-0.25, -0.2) is 4.39 Å². The van der Waals surface area contributed by atoms with Crippen LogP contribution in [0.25, 0.3) is 0 Å². The number of fused-ring (bicyclic) bond motifs is 1. The SMILES string of the molecule is O=C1CCSc2ccc(C(=O)N3CCCN(Cc4ccccc4F)CC3)cc2N1. The maximum Gasteiger partial charge on any atom is 0.253 e. The van der Waals surface area contributed by atoms with Gasteiger partial charge in [-0.1, -0.05) is 18.2 Å². The number of hydrogen-bond donors (Lipinski definition) is 1. The molecule has 0 saturated carbocycles. The molecule has 0 radical (unpaired) electrons. The summed E-state index contributed by atoms with van der Waals surface area (Å²) in [5, 5.41) is 2.90. The number of benzene rings is 2. The summed E-state index contributed by atoms with van der Waals surface area (Å²) in [4.78, 5) is 29.9. The lowest BCUT2D eigenvalue weighted by molar-refractivity contribution is -0.115. The topological polar surface area (TPSA) is 52.7 Å². The van der Waals surface area contributed by atoms with Crippen LogP contribution in [-0.2, 0) is 11.3 Å². The Morgan fingerprint density at radius 1 is 1.10 bits per heavy atom. The second-order valence-electron chi connectivity index (χ2n) is 7.37. The summed E-state index contributed by atoms with van der Waals surface area (Å²) in [7, 11) is 0. The molecule has 0 unspecified atom stereocenters. The molecular weight excluding hydrogens is 389 g/mol. The van der Waals surface area contributed by atoms with Gasteiger partial charge in [-0.15, -0.1) is 11.8 Å². The van der Waals surface area contributed by atoms with E-state index in [2.05, 4.69) is 10.2 Å². The summed E-state index contributed by atoms with van der Waals surface area (Å²) in [5.41, 5.74) is 2.00. The Morgan fingerprint density at radius 3 is 2.83 bits per heavy atom. The van der Waals surface area contributed by atoms with Crippen LogP contribution in [0.3, 0.4) is 0 Å². The normalized spacial score (nSPS) is 17.8. The first kappa shape index (κ1) is 19.9. The van der Waals surface area contributed by atoms with Gasteiger partial charge in [0, 0.05) is 60.9 Å². The van der Waals surface area contributed by atoms with Crippen LogP contribution in [-0.4, -0.2) is 53.5 Å². The predicted molar refractivity (Wildman–Crippen MR) is 113 cm³/mol. The van der Waals surface area contributed by atoms with Crippen LogP contribution in [0.2, 0.25) is 0 Å². The maximum atomic E-state index is 13.9. The summed E-state index contributed by atoms with van der Waals surface area (Å²) in [5.74, 6) is 0.522. The van der Waals surface area contributed by atoms with E-state index >= 15 is 0 Å². The zero-order valence-corrected chi connectivity index (χ0v) is 17.0. The lowest BCUT2D eigenvalue weighted by atomic mass is 10.1. The number of carbonyl (C=O) groups excluding carboxylic acids is 2. The Labute approximate surface area is 174 Å². The minimum Gasteiger partial charge on any atom is -0.337 e. The van der Waals surface area contributed by atoms with Crippen LogP contribution < -0.4 is 5.32 Å². The Kier molecular flexibility index (Phi) is 6.16. The van der Waals surface area contributed by atoms with Crippen LogP contribution in [0.5, 0.6) is 0 Å². The van der Waals surface area contributed by atoms with E-state index in [1.807, 2.05) is 29.2 Å². The maximum absolute atomic E-state index is 13.9. The van der Waals surface area contributed by atoms with Crippen molar-refractivity contribution in [2.45, 2.75) is 24.3 Å². The number of amides is 2. The highest BCUT2D eigenvalue weighted by Gasteiger charge is 2.22. The smallest absolute Gasteiger partial charge is 0.253 e. The average Bonchev–Trinajstić information content (AvgIpc) is 3.06. The molecule has 2 aromatic rings. The first-order chi connectivity index (χ1) is 14.1. The number of rotatable bonds is 3. The van der Waals surface area contributed by atoms with Crippen molar-refractivity contribution in [2.24, 2.45) is 0 Å². The van der Waals surface area contributed by atoms with Crippen LogP contribution in [0.4, 0.5) is 10.1 Å². The summed E-state index contributed by atoms with van der Waals surface area (Å²) in [6.07, 6.45) is 1.32. The van der Waals surface area contributed by atoms with E-state index in [0.29, 0.717) is 43.7 Å². The van der Waals surface area contributed by atoms with Crippen molar-refractivity contribution in [1.29, 1.82) is 0 Å². The van der Waals surface area contributed by atoms with Crippen LogP contribution in [0, 0.1) is 5.82 Å². The van der Waals surface area contributed by atoms with Gasteiger partial charge in [0.25, 0.3) is 5.91 Å². The molecular formula is C22H24FN3O2S. The van der Waals surface area contributed by atoms with Gasteiger partial charge >= 0.3 is 0 Å². The minimum absolute atomic E-state index is 0.0144. The zero-order valence-electron chi connectivity index (χ0n) is 16.2. The second kappa shape index (κ2) is 8.97. The highest BCUT2D eigenvalue weighted by atomic mass is 32.2. The molecule has 0 atom stereocenters. The molecule has 7 heteroatoms. The van der Waals surface area contributed by atoms with Crippen molar-refractivity contribution in [2.75, 3.05) is 37.2 Å². The highest BCUT2D eigenvalue weighted by molar-refractivity contribution is 7.99. The molecule has 0 bridgehead atoms. The third kappa shape index (κ3) is 4.79. The quantitative estimate of drug-likeness (QED) is 0.835. The van der Waals surface area contributed by atoms with Gasteiger partial charge in [0.1, 0.15) is 5.82 Å². The molecule has 5 nitrogen and oxygen atoms in total. The Balaban J connectivity index is 1.42. The number of halogens is 1. The molecule has 0 aliphatic carbocycles. The van der Waals surface area contributed by atoms with E-state index in [4.69, 9.17) is 0 Å². The van der Waals surface area contributed by atoms with E-state index in [1.54, 1.807) is 23.9 Å². The Hall–Kier alpha value is -2.38. The molecule has 2 aromatic carbocycles. The van der Waals surface area contributed by atoms with Crippen molar-refractivity contribution < 1.29 is 14.0 Å². The fourth-order valence-electron chi connectivity index (χ4n) is 3.74. The van der Waals surface area contributed by atoms with Gasteiger partial charge < -0.3 is 10.2 Å². The predicted octanol–water partition coefficient (Wildman–Crippen LogP) is 3.61. The van der Waals surface area contributed by atoms with Crippen LogP contribution >= 0.6 is 11.8 Å². The van der Waals surface area contributed by atoms with E-state index in [0.717, 1.165) is 29.3 Å². The van der Waals surface area contributed by atoms with Crippen molar-refractivity contribution in [3.8, 4) is 0 Å². The fraction of sp³-hybridized carbons (Fsp3) is 0.364. The molecule has 0 spiro atoms. The molecule has 152 valence electrons. The van der Waals surface area contributed by atoms with Crippen molar-refractivity contribution in [3.63, 3.8) is 0 Å². The van der Waals surface area contributed by atoms with E-state index in [9.17, 15) is 14.0 Å². The third-order valence-electron chi connectivity index (χ3n) is 5.31. The van der Waals surface area contributed by atoms with E-state index in [-0.39, 0.29) is 17.6 Å². The monoisotopic (exact) mass is 413 g/mol. The summed E-state index contributed by atoms with van der Waals surface area (Å²) in [6, 6.07) is 12.4. The zero-order chi connectivity index (χ0) is 20.2. The molecule has 2 aliphatic rings. The molecule has 0 aromatic heterocycles. The number of anilines is 1. The molecule has 2 heterocycles. The van der Waals surface area contributed by atoms with Gasteiger partial charge in [-0.3, -0.25) is 14.5 Å². The van der Waals surface area contributed by atoms with Gasteiger partial charge in [0.2, 0.25) is 5.91 Å². The summed E-state index contributed by atoms with van der Waals surface area (Å²) in [6.45, 7) is 3.36. The second-order valence-corrected chi connectivity index (χ2v) is 8.51. The lowest BCUT2D eigenvalue weighted by Crippen LogP contribution is -2.35. The number of thioether (sulfide) groups is 1. The molecule has 29 heavy (non-hydrogen) atoms. The molecule has 1 saturated heterocycles. The van der Waals surface area contributed by atoms with Crippen molar-refractivity contribution in [3.05, 3.63) is 59.4 Å². The fourth-order valence-corrected chi connectivity index (χ4v) is 4.67. The molecule has 2 aliphatic heterocycles. The van der Waals surface area contributed by atoms with Crippen molar-refractivity contribution in [1.82, 2.24) is 9.80 Å². The number of hydrogen-bond acceptors (Lipinski definition) is 4. The number of nitrogens with zero attached hydrogens (tertiary/aromatic N) is 2. The van der Waals surface area contributed by atoms with E-state index < -0.39 is 0 Å². The number of nitrogens with one attached hydrogen (secondary N) is 1. The molecule has 1 fully saturated rings. The molecule has 2 amide bonds. The van der Waals surface area contributed by atoms with Gasteiger partial charge in [0.15, 0.2) is 0 Å². The largest absolute Gasteiger partial charge is 0.337 e. The van der Waals surface area contributed by atoms with Crippen LogP contribution in [0.1, 0.15) is 28.8 Å². The first-order valence-corrected chi connectivity index (χ1v) is 10.9. The average molecular weight is 414 g/mol. The Bertz CT molecular complexity index is 921. The highest BCUT2D eigenvalue weighted by Crippen LogP contribution is 2.31. The van der Waals surface area contributed by atoms with E-state index in [1.165, 1.54) is 6.07 Å². The van der Waals surface area contributed by atoms with Gasteiger partial charge in [-0.05, 0) is 30.7 Å². The minimum atomic E-state index is -0.186. The summed E-state index contributed by atoms with van der Waals surface area (Å²) < 4.78 is 13.9. The van der Waals surface area contributed by atoms with Crippen molar-refractivity contribution >= 4 is 29.3 Å². The summed E-state index contributed by atoms with van der Waals surface area (Å²) >= 11 is 1.63. The first-order valence-electron chi connectivity index (χ1n) is 9.92.